The normalized spacial score (nSPS) is 14.9. The molecule has 5 nitrogen and oxygen atoms in total. The number of aromatic carboxylic acids is 1. The van der Waals surface area contributed by atoms with Gasteiger partial charge in [-0.1, -0.05) is 48.0 Å². The smallest absolute Gasteiger partial charge is 0.358 e. The van der Waals surface area contributed by atoms with E-state index in [1.165, 1.54) is 0 Å². The summed E-state index contributed by atoms with van der Waals surface area (Å²) in [7, 11) is 0. The first-order chi connectivity index (χ1) is 10.8. The van der Waals surface area contributed by atoms with Crippen molar-refractivity contribution in [2.24, 2.45) is 0 Å². The molecule has 0 spiro atoms. The Morgan fingerprint density at radius 2 is 1.91 bits per heavy atom. The molecule has 1 saturated carbocycles. The summed E-state index contributed by atoms with van der Waals surface area (Å²) >= 11 is 0. The topological polar surface area (TPSA) is 68.0 Å². The summed E-state index contributed by atoms with van der Waals surface area (Å²) in [5.74, 6) is -0.770. The van der Waals surface area contributed by atoms with Crippen molar-refractivity contribution in [3.8, 4) is 5.69 Å². The summed E-state index contributed by atoms with van der Waals surface area (Å²) in [4.78, 5) is 11.5. The fourth-order valence-electron chi connectivity index (χ4n) is 3.06. The van der Waals surface area contributed by atoms with E-state index >= 15 is 0 Å². The predicted octanol–water partition coefficient (Wildman–Crippen LogP) is 3.39. The van der Waals surface area contributed by atoms with Crippen molar-refractivity contribution in [3.05, 3.63) is 53.9 Å². The number of hydrogen-bond acceptors (Lipinski definition) is 3. The molecule has 1 aliphatic carbocycles. The van der Waals surface area contributed by atoms with Gasteiger partial charge in [0.1, 0.15) is 0 Å². The highest BCUT2D eigenvalue weighted by atomic mass is 16.4. The quantitative estimate of drug-likeness (QED) is 0.803. The van der Waals surface area contributed by atoms with E-state index in [1.807, 2.05) is 42.5 Å². The lowest BCUT2D eigenvalue weighted by Crippen LogP contribution is -2.17. The lowest BCUT2D eigenvalue weighted by molar-refractivity contribution is 0.0687. The number of carboxylic acids is 1. The largest absolute Gasteiger partial charge is 0.476 e. The van der Waals surface area contributed by atoms with E-state index in [9.17, 15) is 9.90 Å². The summed E-state index contributed by atoms with van der Waals surface area (Å²) in [6.45, 7) is 0. The highest BCUT2D eigenvalue weighted by Gasteiger charge is 2.31. The van der Waals surface area contributed by atoms with Gasteiger partial charge in [0.25, 0.3) is 0 Å². The van der Waals surface area contributed by atoms with Gasteiger partial charge in [-0.2, -0.15) is 0 Å². The maximum absolute atomic E-state index is 11.5. The van der Waals surface area contributed by atoms with Gasteiger partial charge in [0.15, 0.2) is 5.69 Å². The van der Waals surface area contributed by atoms with Crippen LogP contribution in [-0.2, 0) is 0 Å². The third-order valence-electron chi connectivity index (χ3n) is 4.39. The zero-order valence-electron chi connectivity index (χ0n) is 11.9. The zero-order chi connectivity index (χ0) is 15.1. The number of hydrogen-bond donors (Lipinski definition) is 1. The molecule has 4 rings (SSSR count). The van der Waals surface area contributed by atoms with Gasteiger partial charge in [-0.05, 0) is 24.3 Å². The average molecular weight is 293 g/mol. The fourth-order valence-corrected chi connectivity index (χ4v) is 3.06. The van der Waals surface area contributed by atoms with E-state index in [4.69, 9.17) is 0 Å². The molecule has 0 aliphatic heterocycles. The molecule has 0 radical (unpaired) electrons. The molecule has 1 heterocycles. The summed E-state index contributed by atoms with van der Waals surface area (Å²) < 4.78 is 1.72. The standard InChI is InChI=1S/C17H15N3O2/c21-17(22)15-16(12-7-3-8-12)20(19-18-15)14-10-4-6-11-5-1-2-9-13(11)14/h1-2,4-6,9-10,12H,3,7-8H2,(H,21,22). The fraction of sp³-hybridized carbons (Fsp3) is 0.235. The average Bonchev–Trinajstić information content (AvgIpc) is 2.89. The number of nitrogens with zero attached hydrogens (tertiary/aromatic N) is 3. The van der Waals surface area contributed by atoms with E-state index in [0.717, 1.165) is 41.4 Å². The lowest BCUT2D eigenvalue weighted by atomic mass is 9.82. The van der Waals surface area contributed by atoms with Crippen molar-refractivity contribution in [2.75, 3.05) is 0 Å². The molecule has 2 aromatic carbocycles. The third kappa shape index (κ3) is 1.89. The SMILES string of the molecule is O=C(O)c1nnn(-c2cccc3ccccc23)c1C1CCC1. The van der Waals surface area contributed by atoms with Gasteiger partial charge >= 0.3 is 5.97 Å². The van der Waals surface area contributed by atoms with Gasteiger partial charge in [-0.25, -0.2) is 9.48 Å². The second-order valence-corrected chi connectivity index (χ2v) is 5.67. The van der Waals surface area contributed by atoms with E-state index in [2.05, 4.69) is 10.3 Å². The van der Waals surface area contributed by atoms with Gasteiger partial charge in [0.05, 0.1) is 11.4 Å². The summed E-state index contributed by atoms with van der Waals surface area (Å²) in [6.07, 6.45) is 3.13. The van der Waals surface area contributed by atoms with E-state index < -0.39 is 5.97 Å². The van der Waals surface area contributed by atoms with Gasteiger partial charge in [-0.15, -0.1) is 5.10 Å². The highest BCUT2D eigenvalue weighted by Crippen LogP contribution is 2.39. The van der Waals surface area contributed by atoms with Crippen LogP contribution in [0.3, 0.4) is 0 Å². The highest BCUT2D eigenvalue weighted by molar-refractivity contribution is 5.91. The number of rotatable bonds is 3. The second kappa shape index (κ2) is 4.94. The molecule has 3 aromatic rings. The lowest BCUT2D eigenvalue weighted by Gasteiger charge is -2.26. The van der Waals surface area contributed by atoms with Crippen molar-refractivity contribution in [2.45, 2.75) is 25.2 Å². The molecular weight excluding hydrogens is 278 g/mol. The van der Waals surface area contributed by atoms with Crippen LogP contribution in [0.15, 0.2) is 42.5 Å². The Kier molecular flexibility index (Phi) is 2.92. The first-order valence-electron chi connectivity index (χ1n) is 7.43. The third-order valence-corrected chi connectivity index (χ3v) is 4.39. The molecule has 1 aromatic heterocycles. The minimum Gasteiger partial charge on any atom is -0.476 e. The molecule has 0 saturated heterocycles. The number of carbonyl (C=O) groups is 1. The predicted molar refractivity (Wildman–Crippen MR) is 82.4 cm³/mol. The molecule has 0 amide bonds. The Hall–Kier alpha value is -2.69. The molecule has 5 heteroatoms. The first-order valence-corrected chi connectivity index (χ1v) is 7.43. The number of carboxylic acid groups (broad SMARTS) is 1. The monoisotopic (exact) mass is 293 g/mol. The van der Waals surface area contributed by atoms with E-state index in [-0.39, 0.29) is 11.6 Å². The molecule has 0 bridgehead atoms. The van der Waals surface area contributed by atoms with Crippen molar-refractivity contribution in [1.29, 1.82) is 0 Å². The van der Waals surface area contributed by atoms with Crippen LogP contribution in [0.5, 0.6) is 0 Å². The Morgan fingerprint density at radius 3 is 2.64 bits per heavy atom. The van der Waals surface area contributed by atoms with E-state index in [0.29, 0.717) is 0 Å². The molecule has 0 atom stereocenters. The number of aromatic nitrogens is 3. The Bertz CT molecular complexity index is 860. The minimum absolute atomic E-state index is 0.0811. The van der Waals surface area contributed by atoms with Crippen molar-refractivity contribution >= 4 is 16.7 Å². The Balaban J connectivity index is 1.97. The summed E-state index contributed by atoms with van der Waals surface area (Å²) in [5.41, 5.74) is 1.70. The second-order valence-electron chi connectivity index (χ2n) is 5.67. The molecule has 1 N–H and O–H groups in total. The maximum atomic E-state index is 11.5. The molecule has 1 aliphatic rings. The van der Waals surface area contributed by atoms with Gasteiger partial charge in [0.2, 0.25) is 0 Å². The van der Waals surface area contributed by atoms with Crippen LogP contribution in [-0.4, -0.2) is 26.1 Å². The number of benzene rings is 2. The van der Waals surface area contributed by atoms with Crippen molar-refractivity contribution in [3.63, 3.8) is 0 Å². The molecule has 1 fully saturated rings. The molecule has 22 heavy (non-hydrogen) atoms. The van der Waals surface area contributed by atoms with Crippen molar-refractivity contribution in [1.82, 2.24) is 15.0 Å². The summed E-state index contributed by atoms with van der Waals surface area (Å²) in [6, 6.07) is 14.0. The van der Waals surface area contributed by atoms with Gasteiger partial charge < -0.3 is 5.11 Å². The van der Waals surface area contributed by atoms with Crippen LogP contribution in [0.25, 0.3) is 16.5 Å². The molecule has 110 valence electrons. The van der Waals surface area contributed by atoms with Crippen LogP contribution in [0.1, 0.15) is 41.4 Å². The Morgan fingerprint density at radius 1 is 1.14 bits per heavy atom. The Labute approximate surface area is 127 Å². The van der Waals surface area contributed by atoms with Crippen LogP contribution in [0.2, 0.25) is 0 Å². The van der Waals surface area contributed by atoms with Crippen LogP contribution < -0.4 is 0 Å². The minimum atomic E-state index is -1.01. The first kappa shape index (κ1) is 13.0. The van der Waals surface area contributed by atoms with Crippen LogP contribution in [0.4, 0.5) is 0 Å². The van der Waals surface area contributed by atoms with E-state index in [1.54, 1.807) is 4.68 Å². The van der Waals surface area contributed by atoms with Gasteiger partial charge in [-0.3, -0.25) is 0 Å². The maximum Gasteiger partial charge on any atom is 0.358 e. The molecule has 0 unspecified atom stereocenters. The van der Waals surface area contributed by atoms with Crippen LogP contribution in [0, 0.1) is 0 Å². The van der Waals surface area contributed by atoms with Crippen molar-refractivity contribution < 1.29 is 9.90 Å². The molecular formula is C17H15N3O2. The zero-order valence-corrected chi connectivity index (χ0v) is 11.9. The van der Waals surface area contributed by atoms with Crippen LogP contribution >= 0.6 is 0 Å². The summed E-state index contributed by atoms with van der Waals surface area (Å²) in [5, 5.41) is 19.6. The van der Waals surface area contributed by atoms with Gasteiger partial charge in [0, 0.05) is 11.3 Å². The number of fused-ring (bicyclic) bond motifs is 1.